The summed E-state index contributed by atoms with van der Waals surface area (Å²) in [6.45, 7) is 1.84. The van der Waals surface area contributed by atoms with E-state index in [1.54, 1.807) is 22.7 Å². The maximum Gasteiger partial charge on any atom is 0.263 e. The fourth-order valence-corrected chi connectivity index (χ4v) is 3.94. The molecule has 0 unspecified atom stereocenters. The van der Waals surface area contributed by atoms with E-state index >= 15 is 0 Å². The van der Waals surface area contributed by atoms with Crippen molar-refractivity contribution in [2.24, 2.45) is 0 Å². The van der Waals surface area contributed by atoms with Gasteiger partial charge in [-0.25, -0.2) is 0 Å². The van der Waals surface area contributed by atoms with Crippen molar-refractivity contribution in [3.63, 3.8) is 0 Å². The second-order valence-electron chi connectivity index (χ2n) is 4.53. The molecule has 0 radical (unpaired) electrons. The molecule has 4 heteroatoms. The fourth-order valence-electron chi connectivity index (χ4n) is 2.27. The number of hydrogen-bond donors (Lipinski definition) is 0. The highest BCUT2D eigenvalue weighted by Crippen LogP contribution is 2.30. The molecular formula is C14H15NOS2. The first-order valence-electron chi connectivity index (χ1n) is 6.26. The molecule has 2 aromatic heterocycles. The molecule has 0 aliphatic carbocycles. The van der Waals surface area contributed by atoms with Gasteiger partial charge in [-0.15, -0.1) is 22.7 Å². The average molecular weight is 277 g/mol. The summed E-state index contributed by atoms with van der Waals surface area (Å²) < 4.78 is 0. The first-order chi connectivity index (χ1) is 8.84. The summed E-state index contributed by atoms with van der Waals surface area (Å²) in [5.41, 5.74) is 1.18. The maximum atomic E-state index is 12.3. The maximum absolute atomic E-state index is 12.3. The highest BCUT2D eigenvalue weighted by molar-refractivity contribution is 7.15. The standard InChI is InChI=1S/C14H15NOS2/c16-14(15-6-2-1-3-7-15)13-9-11(10-18-13)12-5-4-8-17-12/h4-5,8-10H,1-3,6-7H2. The van der Waals surface area contributed by atoms with Crippen molar-refractivity contribution in [1.29, 1.82) is 0 Å². The van der Waals surface area contributed by atoms with Gasteiger partial charge in [0.25, 0.3) is 5.91 Å². The Hall–Kier alpha value is -1.13. The summed E-state index contributed by atoms with van der Waals surface area (Å²) in [7, 11) is 0. The third-order valence-electron chi connectivity index (χ3n) is 3.26. The molecule has 1 aliphatic heterocycles. The minimum absolute atomic E-state index is 0.211. The summed E-state index contributed by atoms with van der Waals surface area (Å²) >= 11 is 3.28. The van der Waals surface area contributed by atoms with Crippen LogP contribution in [0.4, 0.5) is 0 Å². The van der Waals surface area contributed by atoms with Crippen LogP contribution in [0.1, 0.15) is 28.9 Å². The zero-order valence-electron chi connectivity index (χ0n) is 10.1. The van der Waals surface area contributed by atoms with Gasteiger partial charge >= 0.3 is 0 Å². The van der Waals surface area contributed by atoms with E-state index < -0.39 is 0 Å². The van der Waals surface area contributed by atoms with Crippen molar-refractivity contribution in [3.05, 3.63) is 33.8 Å². The Morgan fingerprint density at radius 3 is 2.72 bits per heavy atom. The number of thiophene rings is 2. The molecule has 94 valence electrons. The minimum Gasteiger partial charge on any atom is -0.338 e. The smallest absolute Gasteiger partial charge is 0.263 e. The molecule has 1 amide bonds. The van der Waals surface area contributed by atoms with Crippen molar-refractivity contribution >= 4 is 28.6 Å². The summed E-state index contributed by atoms with van der Waals surface area (Å²) in [5, 5.41) is 4.15. The van der Waals surface area contributed by atoms with E-state index in [1.165, 1.54) is 16.9 Å². The lowest BCUT2D eigenvalue weighted by Crippen LogP contribution is -2.35. The molecule has 2 nitrogen and oxygen atoms in total. The Kier molecular flexibility index (Phi) is 3.48. The van der Waals surface area contributed by atoms with Crippen LogP contribution in [0.15, 0.2) is 29.0 Å². The fraction of sp³-hybridized carbons (Fsp3) is 0.357. The molecule has 18 heavy (non-hydrogen) atoms. The van der Waals surface area contributed by atoms with Gasteiger partial charge in [0.1, 0.15) is 0 Å². The largest absolute Gasteiger partial charge is 0.338 e. The molecule has 1 fully saturated rings. The predicted molar refractivity (Wildman–Crippen MR) is 77.4 cm³/mol. The van der Waals surface area contributed by atoms with Gasteiger partial charge in [0, 0.05) is 28.9 Å². The molecular weight excluding hydrogens is 262 g/mol. The second kappa shape index (κ2) is 5.24. The van der Waals surface area contributed by atoms with Crippen LogP contribution in [-0.2, 0) is 0 Å². The van der Waals surface area contributed by atoms with Crippen molar-refractivity contribution < 1.29 is 4.79 Å². The number of nitrogens with zero attached hydrogens (tertiary/aromatic N) is 1. The van der Waals surface area contributed by atoms with Crippen LogP contribution in [0.25, 0.3) is 10.4 Å². The molecule has 0 saturated carbocycles. The molecule has 3 rings (SSSR count). The topological polar surface area (TPSA) is 20.3 Å². The van der Waals surface area contributed by atoms with Crippen LogP contribution in [-0.4, -0.2) is 23.9 Å². The zero-order chi connectivity index (χ0) is 12.4. The number of carbonyl (C=O) groups is 1. The van der Waals surface area contributed by atoms with Crippen LogP contribution in [0.3, 0.4) is 0 Å². The highest BCUT2D eigenvalue weighted by atomic mass is 32.1. The van der Waals surface area contributed by atoms with E-state index in [1.807, 2.05) is 17.0 Å². The van der Waals surface area contributed by atoms with Crippen LogP contribution in [0.2, 0.25) is 0 Å². The Morgan fingerprint density at radius 2 is 2.00 bits per heavy atom. The monoisotopic (exact) mass is 277 g/mol. The number of likely N-dealkylation sites (tertiary alicyclic amines) is 1. The van der Waals surface area contributed by atoms with Crippen LogP contribution in [0.5, 0.6) is 0 Å². The van der Waals surface area contributed by atoms with E-state index in [9.17, 15) is 4.79 Å². The quantitative estimate of drug-likeness (QED) is 0.809. The first-order valence-corrected chi connectivity index (χ1v) is 8.02. The lowest BCUT2D eigenvalue weighted by atomic mass is 10.1. The minimum atomic E-state index is 0.211. The number of carbonyl (C=O) groups excluding carboxylic acids is 1. The summed E-state index contributed by atoms with van der Waals surface area (Å²) in [4.78, 5) is 16.4. The second-order valence-corrected chi connectivity index (χ2v) is 6.39. The number of piperidine rings is 1. The molecule has 1 saturated heterocycles. The van der Waals surface area contributed by atoms with E-state index in [0.29, 0.717) is 0 Å². The Morgan fingerprint density at radius 1 is 1.17 bits per heavy atom. The summed E-state index contributed by atoms with van der Waals surface area (Å²) in [6, 6.07) is 6.18. The van der Waals surface area contributed by atoms with Gasteiger partial charge in [-0.05, 0) is 36.8 Å². The zero-order valence-corrected chi connectivity index (χ0v) is 11.7. The summed E-state index contributed by atoms with van der Waals surface area (Å²) in [5.74, 6) is 0.211. The van der Waals surface area contributed by atoms with Gasteiger partial charge in [0.05, 0.1) is 4.88 Å². The van der Waals surface area contributed by atoms with Gasteiger partial charge in [-0.3, -0.25) is 4.79 Å². The predicted octanol–water partition coefficient (Wildman–Crippen LogP) is 4.10. The molecule has 0 atom stereocenters. The SMILES string of the molecule is O=C(c1cc(-c2cccs2)cs1)N1CCCCC1. The van der Waals surface area contributed by atoms with Crippen LogP contribution >= 0.6 is 22.7 Å². The van der Waals surface area contributed by atoms with Gasteiger partial charge in [0.2, 0.25) is 0 Å². The van der Waals surface area contributed by atoms with Gasteiger partial charge in [-0.2, -0.15) is 0 Å². The van der Waals surface area contributed by atoms with Gasteiger partial charge < -0.3 is 4.90 Å². The van der Waals surface area contributed by atoms with E-state index in [2.05, 4.69) is 16.8 Å². The lowest BCUT2D eigenvalue weighted by molar-refractivity contribution is 0.0729. The van der Waals surface area contributed by atoms with E-state index in [-0.39, 0.29) is 5.91 Å². The molecule has 0 spiro atoms. The molecule has 0 N–H and O–H groups in total. The summed E-state index contributed by atoms with van der Waals surface area (Å²) in [6.07, 6.45) is 3.55. The normalized spacial score (nSPS) is 15.9. The molecule has 0 bridgehead atoms. The molecule has 0 aromatic carbocycles. The Bertz CT molecular complexity index is 524. The van der Waals surface area contributed by atoms with Crippen molar-refractivity contribution in [1.82, 2.24) is 4.90 Å². The third-order valence-corrected chi connectivity index (χ3v) is 5.10. The molecule has 2 aromatic rings. The Balaban J connectivity index is 1.78. The van der Waals surface area contributed by atoms with E-state index in [4.69, 9.17) is 0 Å². The third kappa shape index (κ3) is 2.35. The van der Waals surface area contributed by atoms with Crippen LogP contribution in [0, 0.1) is 0 Å². The number of amides is 1. The van der Waals surface area contributed by atoms with E-state index in [0.717, 1.165) is 30.8 Å². The molecule has 3 heterocycles. The van der Waals surface area contributed by atoms with Crippen molar-refractivity contribution in [2.45, 2.75) is 19.3 Å². The lowest BCUT2D eigenvalue weighted by Gasteiger charge is -2.26. The highest BCUT2D eigenvalue weighted by Gasteiger charge is 2.19. The van der Waals surface area contributed by atoms with Gasteiger partial charge in [-0.1, -0.05) is 6.07 Å². The van der Waals surface area contributed by atoms with Crippen molar-refractivity contribution in [2.75, 3.05) is 13.1 Å². The molecule has 1 aliphatic rings. The average Bonchev–Trinajstić information content (AvgIpc) is 3.09. The number of rotatable bonds is 2. The van der Waals surface area contributed by atoms with Crippen molar-refractivity contribution in [3.8, 4) is 10.4 Å². The van der Waals surface area contributed by atoms with Gasteiger partial charge in [0.15, 0.2) is 0 Å². The first kappa shape index (κ1) is 11.9. The van der Waals surface area contributed by atoms with Crippen LogP contribution < -0.4 is 0 Å². The number of hydrogen-bond acceptors (Lipinski definition) is 3. The Labute approximate surface area is 115 Å².